The van der Waals surface area contributed by atoms with Gasteiger partial charge in [-0.05, 0) is 36.4 Å². The SMILES string of the molecule is O=C(c1ccc(F)cc1F)c1ccccc1N=Nc1ccccc1. The smallest absolute Gasteiger partial charge is 0.198 e. The molecule has 0 heterocycles. The van der Waals surface area contributed by atoms with Crippen molar-refractivity contribution in [3.63, 3.8) is 0 Å². The highest BCUT2D eigenvalue weighted by Gasteiger charge is 2.17. The first-order chi connectivity index (χ1) is 11.6. The number of halogens is 2. The Bertz CT molecular complexity index is 908. The van der Waals surface area contributed by atoms with Crippen molar-refractivity contribution < 1.29 is 13.6 Å². The van der Waals surface area contributed by atoms with Gasteiger partial charge in [-0.2, -0.15) is 5.11 Å². The van der Waals surface area contributed by atoms with Gasteiger partial charge in [0.1, 0.15) is 11.6 Å². The topological polar surface area (TPSA) is 41.8 Å². The van der Waals surface area contributed by atoms with Crippen molar-refractivity contribution in [1.29, 1.82) is 0 Å². The number of carbonyl (C=O) groups excluding carboxylic acids is 1. The van der Waals surface area contributed by atoms with Gasteiger partial charge in [-0.3, -0.25) is 4.79 Å². The number of rotatable bonds is 4. The third-order valence-corrected chi connectivity index (χ3v) is 3.35. The van der Waals surface area contributed by atoms with Gasteiger partial charge in [-0.1, -0.05) is 30.3 Å². The van der Waals surface area contributed by atoms with Gasteiger partial charge in [-0.15, -0.1) is 5.11 Å². The van der Waals surface area contributed by atoms with Crippen LogP contribution in [0.4, 0.5) is 20.2 Å². The molecule has 0 unspecified atom stereocenters. The Morgan fingerprint density at radius 1 is 0.750 bits per heavy atom. The van der Waals surface area contributed by atoms with E-state index in [1.54, 1.807) is 30.3 Å². The summed E-state index contributed by atoms with van der Waals surface area (Å²) in [6, 6.07) is 18.4. The second-order valence-corrected chi connectivity index (χ2v) is 5.01. The Hall–Kier alpha value is -3.21. The second-order valence-electron chi connectivity index (χ2n) is 5.01. The van der Waals surface area contributed by atoms with Crippen LogP contribution < -0.4 is 0 Å². The van der Waals surface area contributed by atoms with Gasteiger partial charge < -0.3 is 0 Å². The van der Waals surface area contributed by atoms with E-state index in [1.165, 1.54) is 6.07 Å². The molecule has 0 fully saturated rings. The third-order valence-electron chi connectivity index (χ3n) is 3.35. The Labute approximate surface area is 137 Å². The molecular formula is C19H12F2N2O. The Balaban J connectivity index is 1.97. The fraction of sp³-hybridized carbons (Fsp3) is 0. The van der Waals surface area contributed by atoms with Crippen molar-refractivity contribution in [2.75, 3.05) is 0 Å². The van der Waals surface area contributed by atoms with E-state index in [0.717, 1.165) is 12.1 Å². The van der Waals surface area contributed by atoms with Crippen molar-refractivity contribution in [2.45, 2.75) is 0 Å². The molecular weight excluding hydrogens is 310 g/mol. The maximum atomic E-state index is 13.9. The van der Waals surface area contributed by atoms with E-state index in [-0.39, 0.29) is 11.1 Å². The van der Waals surface area contributed by atoms with Gasteiger partial charge in [0.2, 0.25) is 0 Å². The zero-order valence-electron chi connectivity index (χ0n) is 12.5. The van der Waals surface area contributed by atoms with E-state index >= 15 is 0 Å². The van der Waals surface area contributed by atoms with E-state index in [0.29, 0.717) is 17.4 Å². The predicted octanol–water partition coefficient (Wildman–Crippen LogP) is 5.61. The lowest BCUT2D eigenvalue weighted by Crippen LogP contribution is -2.05. The number of hydrogen-bond donors (Lipinski definition) is 0. The molecule has 5 heteroatoms. The molecule has 0 amide bonds. The van der Waals surface area contributed by atoms with Gasteiger partial charge in [0.15, 0.2) is 5.78 Å². The summed E-state index contributed by atoms with van der Waals surface area (Å²) in [5.41, 5.74) is 0.934. The largest absolute Gasteiger partial charge is 0.288 e. The second kappa shape index (κ2) is 6.91. The Morgan fingerprint density at radius 3 is 2.21 bits per heavy atom. The van der Waals surface area contributed by atoms with Gasteiger partial charge in [0, 0.05) is 6.07 Å². The molecule has 0 aromatic heterocycles. The summed E-state index contributed by atoms with van der Waals surface area (Å²) in [6.45, 7) is 0. The molecule has 0 aliphatic rings. The fourth-order valence-corrected chi connectivity index (χ4v) is 2.18. The minimum absolute atomic E-state index is 0.197. The number of carbonyl (C=O) groups is 1. The molecule has 3 aromatic carbocycles. The summed E-state index contributed by atoms with van der Waals surface area (Å²) in [6.07, 6.45) is 0. The summed E-state index contributed by atoms with van der Waals surface area (Å²) < 4.78 is 26.9. The fourth-order valence-electron chi connectivity index (χ4n) is 2.18. The monoisotopic (exact) mass is 322 g/mol. The molecule has 0 bridgehead atoms. The number of ketones is 1. The van der Waals surface area contributed by atoms with Crippen molar-refractivity contribution in [2.24, 2.45) is 10.2 Å². The van der Waals surface area contributed by atoms with Crippen LogP contribution in [-0.4, -0.2) is 5.78 Å². The molecule has 0 atom stereocenters. The van der Waals surface area contributed by atoms with Crippen LogP contribution in [0.3, 0.4) is 0 Å². The maximum absolute atomic E-state index is 13.9. The normalized spacial score (nSPS) is 10.9. The van der Waals surface area contributed by atoms with Crippen LogP contribution in [0.5, 0.6) is 0 Å². The highest BCUT2D eigenvalue weighted by molar-refractivity contribution is 6.12. The minimum Gasteiger partial charge on any atom is -0.288 e. The molecule has 0 N–H and O–H groups in total. The summed E-state index contributed by atoms with van der Waals surface area (Å²) >= 11 is 0. The van der Waals surface area contributed by atoms with Crippen molar-refractivity contribution in [3.05, 3.63) is 95.6 Å². The van der Waals surface area contributed by atoms with E-state index in [2.05, 4.69) is 10.2 Å². The highest BCUT2D eigenvalue weighted by atomic mass is 19.1. The van der Waals surface area contributed by atoms with Crippen LogP contribution in [0.1, 0.15) is 15.9 Å². The number of azo groups is 1. The average molecular weight is 322 g/mol. The molecule has 0 saturated carbocycles. The van der Waals surface area contributed by atoms with E-state index < -0.39 is 17.4 Å². The molecule has 3 aromatic rings. The van der Waals surface area contributed by atoms with Crippen molar-refractivity contribution >= 4 is 17.2 Å². The molecule has 118 valence electrons. The van der Waals surface area contributed by atoms with Gasteiger partial charge in [0.05, 0.1) is 22.5 Å². The molecule has 24 heavy (non-hydrogen) atoms. The first-order valence-corrected chi connectivity index (χ1v) is 7.21. The van der Waals surface area contributed by atoms with Gasteiger partial charge >= 0.3 is 0 Å². The number of benzene rings is 3. The van der Waals surface area contributed by atoms with Crippen LogP contribution in [0.2, 0.25) is 0 Å². The zero-order valence-corrected chi connectivity index (χ0v) is 12.5. The van der Waals surface area contributed by atoms with Crippen LogP contribution in [0.25, 0.3) is 0 Å². The Kier molecular flexibility index (Phi) is 4.52. The third kappa shape index (κ3) is 3.41. The standard InChI is InChI=1S/C19H12F2N2O/c20-13-10-11-15(17(21)12-13)19(24)16-8-4-5-9-18(16)23-22-14-6-2-1-3-7-14/h1-12H. The molecule has 0 spiro atoms. The molecule has 0 saturated heterocycles. The lowest BCUT2D eigenvalue weighted by molar-refractivity contribution is 0.103. The lowest BCUT2D eigenvalue weighted by atomic mass is 10.0. The maximum Gasteiger partial charge on any atom is 0.198 e. The summed E-state index contributed by atoms with van der Waals surface area (Å²) in [7, 11) is 0. The van der Waals surface area contributed by atoms with E-state index in [9.17, 15) is 13.6 Å². The number of nitrogens with zero attached hydrogens (tertiary/aromatic N) is 2. The zero-order chi connectivity index (χ0) is 16.9. The van der Waals surface area contributed by atoms with E-state index in [4.69, 9.17) is 0 Å². The molecule has 0 aliphatic heterocycles. The predicted molar refractivity (Wildman–Crippen MR) is 86.9 cm³/mol. The van der Waals surface area contributed by atoms with Crippen molar-refractivity contribution in [3.8, 4) is 0 Å². The average Bonchev–Trinajstić information content (AvgIpc) is 2.60. The van der Waals surface area contributed by atoms with Crippen molar-refractivity contribution in [1.82, 2.24) is 0 Å². The quantitative estimate of drug-likeness (QED) is 0.454. The molecule has 3 nitrogen and oxygen atoms in total. The van der Waals surface area contributed by atoms with E-state index in [1.807, 2.05) is 18.2 Å². The van der Waals surface area contributed by atoms with Crippen LogP contribution in [-0.2, 0) is 0 Å². The van der Waals surface area contributed by atoms with Gasteiger partial charge in [0.25, 0.3) is 0 Å². The summed E-state index contributed by atoms with van der Waals surface area (Å²) in [5.74, 6) is -2.22. The number of hydrogen-bond acceptors (Lipinski definition) is 3. The van der Waals surface area contributed by atoms with Crippen LogP contribution in [0, 0.1) is 11.6 Å². The first kappa shape index (κ1) is 15.7. The van der Waals surface area contributed by atoms with Crippen LogP contribution in [0.15, 0.2) is 83.0 Å². The molecule has 0 aliphatic carbocycles. The first-order valence-electron chi connectivity index (χ1n) is 7.21. The lowest BCUT2D eigenvalue weighted by Gasteiger charge is -2.05. The van der Waals surface area contributed by atoms with Gasteiger partial charge in [-0.25, -0.2) is 8.78 Å². The minimum atomic E-state index is -0.908. The van der Waals surface area contributed by atoms with Crippen LogP contribution >= 0.6 is 0 Å². The summed E-state index contributed by atoms with van der Waals surface area (Å²) in [5, 5.41) is 8.15. The highest BCUT2D eigenvalue weighted by Crippen LogP contribution is 2.25. The molecule has 0 radical (unpaired) electrons. The molecule has 3 rings (SSSR count). The Morgan fingerprint density at radius 2 is 1.46 bits per heavy atom. The summed E-state index contributed by atoms with van der Waals surface area (Å²) in [4.78, 5) is 12.5.